The maximum Gasteiger partial charge on any atom is 0.290 e. The van der Waals surface area contributed by atoms with Crippen LogP contribution < -0.4 is 5.32 Å². The molecule has 1 aliphatic rings. The van der Waals surface area contributed by atoms with Crippen LogP contribution in [0, 0.1) is 11.6 Å². The van der Waals surface area contributed by atoms with E-state index >= 15 is 0 Å². The largest absolute Gasteiger partial charge is 0.390 e. The SMILES string of the molecule is OCC(F)(F)[C@@H](c1c(F)cc(Cl)cc1F)N1CCNCC1. The minimum atomic E-state index is -3.67. The van der Waals surface area contributed by atoms with Crippen LogP contribution >= 0.6 is 11.6 Å². The highest BCUT2D eigenvalue weighted by Gasteiger charge is 2.46. The van der Waals surface area contributed by atoms with Gasteiger partial charge in [0.15, 0.2) is 0 Å². The van der Waals surface area contributed by atoms with E-state index in [1.807, 2.05) is 0 Å². The molecule has 1 atom stereocenters. The number of nitrogens with zero attached hydrogens (tertiary/aromatic N) is 1. The van der Waals surface area contributed by atoms with Gasteiger partial charge < -0.3 is 10.4 Å². The number of alkyl halides is 2. The van der Waals surface area contributed by atoms with E-state index in [-0.39, 0.29) is 18.1 Å². The second-order valence-corrected chi connectivity index (χ2v) is 5.33. The highest BCUT2D eigenvalue weighted by Crippen LogP contribution is 2.39. The number of rotatable bonds is 4. The van der Waals surface area contributed by atoms with E-state index in [9.17, 15) is 17.6 Å². The van der Waals surface area contributed by atoms with Crippen LogP contribution in [0.4, 0.5) is 17.6 Å². The average molecular weight is 327 g/mol. The van der Waals surface area contributed by atoms with Gasteiger partial charge >= 0.3 is 0 Å². The highest BCUT2D eigenvalue weighted by atomic mass is 35.5. The molecule has 2 rings (SSSR count). The Bertz CT molecular complexity index is 486. The number of benzene rings is 1. The lowest BCUT2D eigenvalue weighted by Crippen LogP contribution is -2.51. The molecule has 0 unspecified atom stereocenters. The third-order valence-electron chi connectivity index (χ3n) is 3.44. The molecule has 0 spiro atoms. The van der Waals surface area contributed by atoms with Crippen LogP contribution in [0.3, 0.4) is 0 Å². The van der Waals surface area contributed by atoms with Crippen molar-refractivity contribution in [3.8, 4) is 0 Å². The Hall–Kier alpha value is -0.890. The van der Waals surface area contributed by atoms with Crippen LogP contribution in [0.25, 0.3) is 0 Å². The van der Waals surface area contributed by atoms with Gasteiger partial charge in [-0.1, -0.05) is 11.6 Å². The molecule has 118 valence electrons. The monoisotopic (exact) mass is 326 g/mol. The summed E-state index contributed by atoms with van der Waals surface area (Å²) in [7, 11) is 0. The molecule has 0 bridgehead atoms. The van der Waals surface area contributed by atoms with Gasteiger partial charge in [0.25, 0.3) is 5.92 Å². The molecule has 1 saturated heterocycles. The predicted molar refractivity (Wildman–Crippen MR) is 70.6 cm³/mol. The standard InChI is InChI=1S/C13H15ClF4N2O/c14-8-5-9(15)11(10(16)6-8)12(13(17,18)7-21)20-3-1-19-2-4-20/h5-6,12,19,21H,1-4,7H2/t12-/m1/s1. The zero-order valence-electron chi connectivity index (χ0n) is 11.1. The first-order valence-corrected chi connectivity index (χ1v) is 6.82. The number of hydrogen-bond donors (Lipinski definition) is 2. The smallest absolute Gasteiger partial charge is 0.290 e. The Kier molecular flexibility index (Phi) is 5.08. The third-order valence-corrected chi connectivity index (χ3v) is 3.66. The Morgan fingerprint density at radius 1 is 1.24 bits per heavy atom. The van der Waals surface area contributed by atoms with Crippen LogP contribution in [-0.4, -0.2) is 48.7 Å². The van der Waals surface area contributed by atoms with E-state index in [0.29, 0.717) is 13.1 Å². The molecule has 2 N–H and O–H groups in total. The molecule has 0 radical (unpaired) electrons. The minimum Gasteiger partial charge on any atom is -0.390 e. The number of piperazine rings is 1. The van der Waals surface area contributed by atoms with Gasteiger partial charge in [-0.2, -0.15) is 0 Å². The molecule has 0 saturated carbocycles. The fraction of sp³-hybridized carbons (Fsp3) is 0.538. The van der Waals surface area contributed by atoms with Gasteiger partial charge in [0.05, 0.1) is 0 Å². The van der Waals surface area contributed by atoms with Gasteiger partial charge in [0.2, 0.25) is 0 Å². The van der Waals surface area contributed by atoms with Crippen molar-refractivity contribution in [3.63, 3.8) is 0 Å². The van der Waals surface area contributed by atoms with E-state index in [2.05, 4.69) is 5.32 Å². The van der Waals surface area contributed by atoms with Crippen molar-refractivity contribution in [1.29, 1.82) is 0 Å². The number of halogens is 5. The molecule has 1 aliphatic heterocycles. The molecule has 3 nitrogen and oxygen atoms in total. The summed E-state index contributed by atoms with van der Waals surface area (Å²) < 4.78 is 56.1. The fourth-order valence-electron chi connectivity index (χ4n) is 2.50. The van der Waals surface area contributed by atoms with Gasteiger partial charge in [-0.05, 0) is 12.1 Å². The first-order chi connectivity index (χ1) is 9.86. The second-order valence-electron chi connectivity index (χ2n) is 4.89. The molecule has 21 heavy (non-hydrogen) atoms. The normalized spacial score (nSPS) is 18.8. The Morgan fingerprint density at radius 2 is 1.76 bits per heavy atom. The average Bonchev–Trinajstić information content (AvgIpc) is 2.43. The van der Waals surface area contributed by atoms with Crippen molar-refractivity contribution in [2.45, 2.75) is 12.0 Å². The topological polar surface area (TPSA) is 35.5 Å². The summed E-state index contributed by atoms with van der Waals surface area (Å²) in [6.45, 7) is -0.254. The Balaban J connectivity index is 2.49. The van der Waals surface area contributed by atoms with E-state index in [0.717, 1.165) is 12.1 Å². The van der Waals surface area contributed by atoms with Crippen molar-refractivity contribution >= 4 is 11.6 Å². The van der Waals surface area contributed by atoms with Crippen LogP contribution in [0.2, 0.25) is 5.02 Å². The molecule has 1 aromatic carbocycles. The summed E-state index contributed by atoms with van der Waals surface area (Å²) >= 11 is 5.52. The molecule has 8 heteroatoms. The maximum absolute atomic E-state index is 14.1. The quantitative estimate of drug-likeness (QED) is 0.833. The predicted octanol–water partition coefficient (Wildman–Crippen LogP) is 2.19. The van der Waals surface area contributed by atoms with Crippen LogP contribution in [-0.2, 0) is 0 Å². The second kappa shape index (κ2) is 6.48. The summed E-state index contributed by atoms with van der Waals surface area (Å²) in [6.07, 6.45) is 0. The van der Waals surface area contributed by atoms with Crippen molar-refractivity contribution < 1.29 is 22.7 Å². The number of aliphatic hydroxyl groups excluding tert-OH is 1. The van der Waals surface area contributed by atoms with Gasteiger partial charge in [-0.3, -0.25) is 4.90 Å². The van der Waals surface area contributed by atoms with E-state index in [1.165, 1.54) is 4.90 Å². The highest BCUT2D eigenvalue weighted by molar-refractivity contribution is 6.30. The van der Waals surface area contributed by atoms with Crippen molar-refractivity contribution in [3.05, 3.63) is 34.4 Å². The van der Waals surface area contributed by atoms with E-state index in [4.69, 9.17) is 16.7 Å². The minimum absolute atomic E-state index is 0.196. The van der Waals surface area contributed by atoms with Crippen LogP contribution in [0.15, 0.2) is 12.1 Å². The summed E-state index contributed by atoms with van der Waals surface area (Å²) in [5.74, 6) is -5.96. The molecule has 1 fully saturated rings. The van der Waals surface area contributed by atoms with E-state index in [1.54, 1.807) is 0 Å². The lowest BCUT2D eigenvalue weighted by Gasteiger charge is -2.38. The van der Waals surface area contributed by atoms with Crippen molar-refractivity contribution in [2.24, 2.45) is 0 Å². The lowest BCUT2D eigenvalue weighted by atomic mass is 9.97. The Labute approximate surface area is 124 Å². The molecule has 0 aliphatic carbocycles. The lowest BCUT2D eigenvalue weighted by molar-refractivity contribution is -0.120. The van der Waals surface area contributed by atoms with Crippen molar-refractivity contribution in [1.82, 2.24) is 10.2 Å². The van der Waals surface area contributed by atoms with Crippen LogP contribution in [0.5, 0.6) is 0 Å². The summed E-state index contributed by atoms with van der Waals surface area (Å²) in [5.41, 5.74) is -0.764. The molecule has 0 amide bonds. The first kappa shape index (κ1) is 16.5. The van der Waals surface area contributed by atoms with Gasteiger partial charge in [0.1, 0.15) is 24.3 Å². The molecular weight excluding hydrogens is 312 g/mol. The zero-order chi connectivity index (χ0) is 15.6. The third kappa shape index (κ3) is 3.48. The van der Waals surface area contributed by atoms with Gasteiger partial charge in [0, 0.05) is 36.8 Å². The first-order valence-electron chi connectivity index (χ1n) is 6.44. The summed E-state index contributed by atoms with van der Waals surface area (Å²) in [4.78, 5) is 1.27. The fourth-order valence-corrected chi connectivity index (χ4v) is 2.69. The molecule has 1 aromatic rings. The molecule has 1 heterocycles. The number of hydrogen-bond acceptors (Lipinski definition) is 3. The maximum atomic E-state index is 14.1. The molecule has 0 aromatic heterocycles. The summed E-state index contributed by atoms with van der Waals surface area (Å²) in [6, 6.07) is -0.285. The van der Waals surface area contributed by atoms with Gasteiger partial charge in [-0.25, -0.2) is 17.6 Å². The van der Waals surface area contributed by atoms with Crippen LogP contribution in [0.1, 0.15) is 11.6 Å². The number of nitrogens with one attached hydrogen (secondary N) is 1. The Morgan fingerprint density at radius 3 is 2.24 bits per heavy atom. The van der Waals surface area contributed by atoms with E-state index < -0.39 is 35.8 Å². The number of aliphatic hydroxyl groups is 1. The zero-order valence-corrected chi connectivity index (χ0v) is 11.8. The summed E-state index contributed by atoms with van der Waals surface area (Å²) in [5, 5.41) is 11.7. The molecular formula is C13H15ClF4N2O. The van der Waals surface area contributed by atoms with Gasteiger partial charge in [-0.15, -0.1) is 0 Å². The van der Waals surface area contributed by atoms with Crippen molar-refractivity contribution in [2.75, 3.05) is 32.8 Å².